The molecule has 1 heterocycles. The normalized spacial score (nSPS) is 13.6. The van der Waals surface area contributed by atoms with E-state index in [9.17, 15) is 14.7 Å². The number of carbonyl (C=O) groups excluding carboxylic acids is 1. The van der Waals surface area contributed by atoms with E-state index in [-0.39, 0.29) is 11.5 Å². The minimum Gasteiger partial charge on any atom is -0.478 e. The third kappa shape index (κ3) is 4.10. The lowest BCUT2D eigenvalue weighted by Crippen LogP contribution is -2.22. The average molecular weight is 406 g/mol. The van der Waals surface area contributed by atoms with E-state index in [2.05, 4.69) is 5.32 Å². The van der Waals surface area contributed by atoms with Crippen LogP contribution in [0.5, 0.6) is 0 Å². The van der Waals surface area contributed by atoms with Crippen LogP contribution in [0.25, 0.3) is 0 Å². The van der Waals surface area contributed by atoms with Crippen LogP contribution >= 0.6 is 11.3 Å². The summed E-state index contributed by atoms with van der Waals surface area (Å²) in [5, 5.41) is 13.3. The summed E-state index contributed by atoms with van der Waals surface area (Å²) in [7, 11) is 0. The molecule has 2 aromatic carbocycles. The number of nitrogens with one attached hydrogen (secondary N) is 1. The maximum atomic E-state index is 13.4. The summed E-state index contributed by atoms with van der Waals surface area (Å²) in [5.74, 6) is -1.67. The fourth-order valence-corrected chi connectivity index (χ4v) is 5.31. The molecule has 3 aromatic rings. The second kappa shape index (κ2) is 8.62. The van der Waals surface area contributed by atoms with Crippen LogP contribution in [-0.2, 0) is 17.6 Å². The lowest BCUT2D eigenvalue weighted by atomic mass is 9.90. The van der Waals surface area contributed by atoms with Crippen molar-refractivity contribution in [1.29, 1.82) is 0 Å². The highest BCUT2D eigenvalue weighted by atomic mass is 32.1. The summed E-state index contributed by atoms with van der Waals surface area (Å²) in [6, 6.07) is 19.2. The molecule has 4 rings (SSSR count). The lowest BCUT2D eigenvalue weighted by Gasteiger charge is -2.18. The first-order valence-corrected chi connectivity index (χ1v) is 10.8. The Morgan fingerprint density at radius 3 is 2.03 bits per heavy atom. The van der Waals surface area contributed by atoms with Crippen molar-refractivity contribution >= 4 is 28.2 Å². The Kier molecular flexibility index (Phi) is 5.76. The lowest BCUT2D eigenvalue weighted by molar-refractivity contribution is -0.116. The Bertz CT molecular complexity index is 972. The summed E-state index contributed by atoms with van der Waals surface area (Å²) in [4.78, 5) is 26.5. The van der Waals surface area contributed by atoms with Gasteiger partial charge in [-0.3, -0.25) is 4.79 Å². The highest BCUT2D eigenvalue weighted by Crippen LogP contribution is 2.38. The van der Waals surface area contributed by atoms with E-state index in [0.717, 1.165) is 53.7 Å². The minimum absolute atomic E-state index is 0.207. The van der Waals surface area contributed by atoms with Crippen molar-refractivity contribution in [3.8, 4) is 0 Å². The molecule has 0 radical (unpaired) electrons. The second-order valence-corrected chi connectivity index (χ2v) is 8.42. The topological polar surface area (TPSA) is 66.4 Å². The number of amides is 1. The summed E-state index contributed by atoms with van der Waals surface area (Å²) < 4.78 is 0. The number of thiophene rings is 1. The van der Waals surface area contributed by atoms with Crippen LogP contribution in [0.3, 0.4) is 0 Å². The number of carbonyl (C=O) groups is 2. The number of aromatic carboxylic acids is 1. The molecule has 4 nitrogen and oxygen atoms in total. The number of fused-ring (bicyclic) bond motifs is 1. The molecule has 0 bridgehead atoms. The van der Waals surface area contributed by atoms with Gasteiger partial charge in [0.15, 0.2) is 0 Å². The van der Waals surface area contributed by atoms with Gasteiger partial charge in [0.1, 0.15) is 5.00 Å². The number of benzene rings is 2. The van der Waals surface area contributed by atoms with Gasteiger partial charge < -0.3 is 10.4 Å². The molecule has 0 atom stereocenters. The molecule has 0 fully saturated rings. The largest absolute Gasteiger partial charge is 0.478 e. The maximum absolute atomic E-state index is 13.4. The average Bonchev–Trinajstić information content (AvgIpc) is 2.90. The third-order valence-corrected chi connectivity index (χ3v) is 6.61. The molecule has 0 saturated carbocycles. The van der Waals surface area contributed by atoms with Crippen LogP contribution < -0.4 is 5.32 Å². The van der Waals surface area contributed by atoms with Crippen molar-refractivity contribution in [2.45, 2.75) is 38.0 Å². The Morgan fingerprint density at radius 2 is 1.45 bits per heavy atom. The second-order valence-electron chi connectivity index (χ2n) is 7.32. The van der Waals surface area contributed by atoms with Crippen LogP contribution in [0.15, 0.2) is 60.7 Å². The van der Waals surface area contributed by atoms with E-state index >= 15 is 0 Å². The van der Waals surface area contributed by atoms with Crippen LogP contribution in [0.1, 0.15) is 57.1 Å². The van der Waals surface area contributed by atoms with E-state index in [1.165, 1.54) is 11.3 Å². The van der Waals surface area contributed by atoms with Gasteiger partial charge in [-0.1, -0.05) is 67.1 Å². The zero-order valence-corrected chi connectivity index (χ0v) is 16.9. The Morgan fingerprint density at radius 1 is 0.862 bits per heavy atom. The standard InChI is InChI=1S/C24H23NO3S/c26-22(20(16-10-4-1-5-11-16)17-12-6-2-7-13-17)25-23-21(24(27)28)18-14-8-3-9-15-19(18)29-23/h1-2,4-7,10-13,20H,3,8-9,14-15H2,(H,25,26)(H,27,28). The molecule has 0 aliphatic heterocycles. The molecule has 1 aliphatic rings. The molecule has 0 saturated heterocycles. The predicted molar refractivity (Wildman–Crippen MR) is 116 cm³/mol. The van der Waals surface area contributed by atoms with E-state index in [4.69, 9.17) is 0 Å². The van der Waals surface area contributed by atoms with Gasteiger partial charge in [0.2, 0.25) is 5.91 Å². The van der Waals surface area contributed by atoms with Gasteiger partial charge in [0.25, 0.3) is 0 Å². The van der Waals surface area contributed by atoms with Crippen molar-refractivity contribution in [2.75, 3.05) is 5.32 Å². The molecule has 148 valence electrons. The van der Waals surface area contributed by atoms with Gasteiger partial charge in [-0.25, -0.2) is 4.79 Å². The number of carboxylic acids is 1. The van der Waals surface area contributed by atoms with Crippen molar-refractivity contribution in [2.24, 2.45) is 0 Å². The monoisotopic (exact) mass is 405 g/mol. The quantitative estimate of drug-likeness (QED) is 0.552. The van der Waals surface area contributed by atoms with Gasteiger partial charge in [0, 0.05) is 4.88 Å². The van der Waals surface area contributed by atoms with E-state index in [1.807, 2.05) is 60.7 Å². The summed E-state index contributed by atoms with van der Waals surface area (Å²) >= 11 is 1.43. The van der Waals surface area contributed by atoms with Crippen molar-refractivity contribution in [3.63, 3.8) is 0 Å². The van der Waals surface area contributed by atoms with Gasteiger partial charge in [-0.2, -0.15) is 0 Å². The van der Waals surface area contributed by atoms with Crippen molar-refractivity contribution in [1.82, 2.24) is 0 Å². The van der Waals surface area contributed by atoms with E-state index in [1.54, 1.807) is 0 Å². The van der Waals surface area contributed by atoms with Crippen LogP contribution in [0.2, 0.25) is 0 Å². The number of aryl methyl sites for hydroxylation is 1. The molecule has 5 heteroatoms. The highest BCUT2D eigenvalue weighted by Gasteiger charge is 2.28. The van der Waals surface area contributed by atoms with E-state index < -0.39 is 11.9 Å². The molecular weight excluding hydrogens is 382 g/mol. The first-order valence-electron chi connectivity index (χ1n) is 9.93. The Balaban J connectivity index is 1.71. The van der Waals surface area contributed by atoms with E-state index in [0.29, 0.717) is 5.00 Å². The van der Waals surface area contributed by atoms with Gasteiger partial charge >= 0.3 is 5.97 Å². The molecule has 1 aliphatic carbocycles. The maximum Gasteiger partial charge on any atom is 0.339 e. The van der Waals surface area contributed by atoms with Gasteiger partial charge in [0.05, 0.1) is 11.5 Å². The minimum atomic E-state index is -0.962. The molecule has 2 N–H and O–H groups in total. The number of hydrogen-bond donors (Lipinski definition) is 2. The Labute approximate surface area is 174 Å². The number of carboxylic acid groups (broad SMARTS) is 1. The molecule has 0 unspecified atom stereocenters. The fraction of sp³-hybridized carbons (Fsp3) is 0.250. The summed E-state index contributed by atoms with van der Waals surface area (Å²) in [6.07, 6.45) is 4.83. The van der Waals surface area contributed by atoms with Gasteiger partial charge in [-0.05, 0) is 42.4 Å². The van der Waals surface area contributed by atoms with Crippen molar-refractivity contribution < 1.29 is 14.7 Å². The first-order chi connectivity index (χ1) is 14.1. The van der Waals surface area contributed by atoms with Crippen molar-refractivity contribution in [3.05, 3.63) is 87.8 Å². The zero-order chi connectivity index (χ0) is 20.2. The highest BCUT2D eigenvalue weighted by molar-refractivity contribution is 7.17. The van der Waals surface area contributed by atoms with Crippen LogP contribution in [0.4, 0.5) is 5.00 Å². The smallest absolute Gasteiger partial charge is 0.339 e. The summed E-state index contributed by atoms with van der Waals surface area (Å²) in [6.45, 7) is 0. The first kappa shape index (κ1) is 19.4. The third-order valence-electron chi connectivity index (χ3n) is 5.40. The van der Waals surface area contributed by atoms with Crippen LogP contribution in [0, 0.1) is 0 Å². The van der Waals surface area contributed by atoms with Crippen LogP contribution in [-0.4, -0.2) is 17.0 Å². The predicted octanol–water partition coefficient (Wildman–Crippen LogP) is 5.49. The number of anilines is 1. The molecule has 29 heavy (non-hydrogen) atoms. The molecular formula is C24H23NO3S. The molecule has 1 aromatic heterocycles. The number of rotatable bonds is 5. The number of hydrogen-bond acceptors (Lipinski definition) is 3. The summed E-state index contributed by atoms with van der Waals surface area (Å²) in [5.41, 5.74) is 2.95. The molecule has 1 amide bonds. The fourth-order valence-electron chi connectivity index (χ4n) is 4.03. The van der Waals surface area contributed by atoms with Gasteiger partial charge in [-0.15, -0.1) is 11.3 Å². The Hall–Kier alpha value is -2.92. The zero-order valence-electron chi connectivity index (χ0n) is 16.1. The SMILES string of the molecule is O=C(O)c1c(NC(=O)C(c2ccccc2)c2ccccc2)sc2c1CCCCC2. The molecule has 0 spiro atoms.